The first-order chi connectivity index (χ1) is 14.2. The number of halogens is 3. The monoisotopic (exact) mass is 438 g/mol. The molecular weight excluding hydrogens is 417 g/mol. The summed E-state index contributed by atoms with van der Waals surface area (Å²) in [4.78, 5) is 28.2. The molecule has 0 aliphatic carbocycles. The lowest BCUT2D eigenvalue weighted by Gasteiger charge is -2.17. The molecule has 3 heterocycles. The predicted octanol–water partition coefficient (Wildman–Crippen LogP) is 4.56. The number of methoxy groups -OCH3 is 1. The molecule has 0 fully saturated rings. The topological polar surface area (TPSA) is 68.2 Å². The van der Waals surface area contributed by atoms with Gasteiger partial charge in [-0.15, -0.1) is 11.3 Å². The highest BCUT2D eigenvalue weighted by Gasteiger charge is 2.27. The van der Waals surface area contributed by atoms with E-state index < -0.39 is 12.6 Å². The third-order valence-electron chi connectivity index (χ3n) is 4.65. The largest absolute Gasteiger partial charge is 0.481 e. The van der Waals surface area contributed by atoms with Gasteiger partial charge in [0.25, 0.3) is 5.91 Å². The van der Waals surface area contributed by atoms with E-state index in [2.05, 4.69) is 15.0 Å². The van der Waals surface area contributed by atoms with Gasteiger partial charge in [0.15, 0.2) is 0 Å². The molecule has 0 aliphatic heterocycles. The van der Waals surface area contributed by atoms with Gasteiger partial charge in [-0.3, -0.25) is 4.79 Å². The molecule has 0 saturated heterocycles. The Morgan fingerprint density at radius 1 is 1.27 bits per heavy atom. The summed E-state index contributed by atoms with van der Waals surface area (Å²) in [6, 6.07) is 3.56. The lowest BCUT2D eigenvalue weighted by molar-refractivity contribution is -0.135. The molecule has 3 rings (SSSR count). The van der Waals surface area contributed by atoms with Gasteiger partial charge in [-0.05, 0) is 37.0 Å². The minimum Gasteiger partial charge on any atom is -0.481 e. The second-order valence-electron chi connectivity index (χ2n) is 6.89. The predicted molar refractivity (Wildman–Crippen MR) is 108 cm³/mol. The summed E-state index contributed by atoms with van der Waals surface area (Å²) in [7, 11) is 3.21. The summed E-state index contributed by atoms with van der Waals surface area (Å²) in [6.07, 6.45) is -2.00. The molecule has 0 bridgehead atoms. The number of carbonyl (C=O) groups excluding carboxylic acids is 1. The Kier molecular flexibility index (Phi) is 6.55. The normalized spacial score (nSPS) is 11.7. The maximum absolute atomic E-state index is 13.0. The Morgan fingerprint density at radius 3 is 2.73 bits per heavy atom. The van der Waals surface area contributed by atoms with Crippen molar-refractivity contribution in [3.05, 3.63) is 46.4 Å². The maximum atomic E-state index is 13.0. The summed E-state index contributed by atoms with van der Waals surface area (Å²) < 4.78 is 42.6. The molecule has 0 N–H and O–H groups in total. The number of hydrogen-bond acceptors (Lipinski definition) is 6. The lowest BCUT2D eigenvalue weighted by atomic mass is 10.1. The van der Waals surface area contributed by atoms with Crippen LogP contribution in [0.3, 0.4) is 0 Å². The van der Waals surface area contributed by atoms with Crippen molar-refractivity contribution in [3.63, 3.8) is 0 Å². The first-order valence-corrected chi connectivity index (χ1v) is 10.1. The van der Waals surface area contributed by atoms with E-state index in [0.29, 0.717) is 38.8 Å². The van der Waals surface area contributed by atoms with Crippen LogP contribution >= 0.6 is 11.3 Å². The van der Waals surface area contributed by atoms with Crippen LogP contribution < -0.4 is 4.74 Å². The van der Waals surface area contributed by atoms with E-state index in [0.717, 1.165) is 5.56 Å². The molecule has 0 radical (unpaired) electrons. The van der Waals surface area contributed by atoms with E-state index in [1.165, 1.54) is 24.8 Å². The number of thiophene rings is 1. The Bertz CT molecular complexity index is 1050. The lowest BCUT2D eigenvalue weighted by Crippen LogP contribution is -2.26. The molecule has 6 nitrogen and oxygen atoms in total. The molecule has 3 aromatic heterocycles. The fraction of sp³-hybridized carbons (Fsp3) is 0.400. The summed E-state index contributed by atoms with van der Waals surface area (Å²) in [5.74, 6) is 0.276. The van der Waals surface area contributed by atoms with Gasteiger partial charge in [-0.2, -0.15) is 13.2 Å². The number of fused-ring (bicyclic) bond motifs is 1. The Morgan fingerprint density at radius 2 is 2.03 bits per heavy atom. The van der Waals surface area contributed by atoms with Gasteiger partial charge in [0, 0.05) is 37.7 Å². The number of hydrogen-bond donors (Lipinski definition) is 0. The van der Waals surface area contributed by atoms with Crippen molar-refractivity contribution in [2.24, 2.45) is 0 Å². The van der Waals surface area contributed by atoms with Crippen LogP contribution in [0.25, 0.3) is 10.2 Å². The number of pyridine rings is 1. The number of aromatic nitrogens is 3. The van der Waals surface area contributed by atoms with Crippen LogP contribution in [0, 0.1) is 6.92 Å². The summed E-state index contributed by atoms with van der Waals surface area (Å²) >= 11 is 1.23. The Hall–Kier alpha value is -2.75. The second-order valence-corrected chi connectivity index (χ2v) is 7.89. The fourth-order valence-electron chi connectivity index (χ4n) is 3.17. The molecule has 30 heavy (non-hydrogen) atoms. The second kappa shape index (κ2) is 8.95. The third kappa shape index (κ3) is 5.05. The number of ether oxygens (including phenoxy) is 1. The number of alkyl halides is 3. The van der Waals surface area contributed by atoms with Crippen molar-refractivity contribution < 1.29 is 22.7 Å². The van der Waals surface area contributed by atoms with Gasteiger partial charge >= 0.3 is 6.18 Å². The van der Waals surface area contributed by atoms with Gasteiger partial charge in [-0.1, -0.05) is 0 Å². The molecule has 0 aliphatic rings. The highest BCUT2D eigenvalue weighted by atomic mass is 32.1. The smallest absolute Gasteiger partial charge is 0.389 e. The molecule has 0 aromatic carbocycles. The molecule has 160 valence electrons. The van der Waals surface area contributed by atoms with Gasteiger partial charge in [-0.25, -0.2) is 15.0 Å². The van der Waals surface area contributed by atoms with Gasteiger partial charge < -0.3 is 9.64 Å². The minimum atomic E-state index is -4.20. The highest BCUT2D eigenvalue weighted by Crippen LogP contribution is 2.33. The number of amides is 1. The molecule has 3 aromatic rings. The van der Waals surface area contributed by atoms with Crippen LogP contribution in [0.1, 0.15) is 39.3 Å². The highest BCUT2D eigenvalue weighted by molar-refractivity contribution is 7.20. The van der Waals surface area contributed by atoms with Crippen LogP contribution in [0.2, 0.25) is 0 Å². The Labute approximate surface area is 175 Å². The quantitative estimate of drug-likeness (QED) is 0.541. The minimum absolute atomic E-state index is 0.0576. The van der Waals surface area contributed by atoms with Crippen molar-refractivity contribution >= 4 is 27.5 Å². The molecular formula is C20H21F3N4O2S. The number of aryl methyl sites for hydroxylation is 2. The Balaban J connectivity index is 1.82. The van der Waals surface area contributed by atoms with Crippen LogP contribution in [0.4, 0.5) is 13.2 Å². The maximum Gasteiger partial charge on any atom is 0.389 e. The van der Waals surface area contributed by atoms with E-state index in [9.17, 15) is 18.0 Å². The molecule has 0 atom stereocenters. The summed E-state index contributed by atoms with van der Waals surface area (Å²) in [6.45, 7) is 2.14. The number of carbonyl (C=O) groups is 1. The van der Waals surface area contributed by atoms with Gasteiger partial charge in [0.1, 0.15) is 11.2 Å². The van der Waals surface area contributed by atoms with Crippen molar-refractivity contribution in [1.82, 2.24) is 19.9 Å². The van der Waals surface area contributed by atoms with Crippen molar-refractivity contribution in [3.8, 4) is 5.88 Å². The van der Waals surface area contributed by atoms with E-state index in [1.54, 1.807) is 37.2 Å². The average molecular weight is 438 g/mol. The SMILES string of the molecule is COc1cc(CN(C)C(=O)c2sc3ncnc(CCCC(F)(F)F)c3c2C)ccn1. The van der Waals surface area contributed by atoms with Crippen LogP contribution in [-0.4, -0.2) is 46.1 Å². The zero-order chi connectivity index (χ0) is 21.9. The first-order valence-electron chi connectivity index (χ1n) is 9.23. The van der Waals surface area contributed by atoms with E-state index in [1.807, 2.05) is 0 Å². The summed E-state index contributed by atoms with van der Waals surface area (Å²) in [5.41, 5.74) is 2.10. The van der Waals surface area contributed by atoms with Gasteiger partial charge in [0.05, 0.1) is 17.7 Å². The van der Waals surface area contributed by atoms with Crippen LogP contribution in [0.15, 0.2) is 24.7 Å². The molecule has 0 unspecified atom stereocenters. The number of rotatable bonds is 7. The molecule has 0 saturated carbocycles. The average Bonchev–Trinajstić information content (AvgIpc) is 3.04. The fourth-order valence-corrected chi connectivity index (χ4v) is 4.34. The van der Waals surface area contributed by atoms with Gasteiger partial charge in [0.2, 0.25) is 5.88 Å². The zero-order valence-corrected chi connectivity index (χ0v) is 17.6. The number of nitrogens with zero attached hydrogens (tertiary/aromatic N) is 4. The molecule has 1 amide bonds. The molecule has 10 heteroatoms. The van der Waals surface area contributed by atoms with Crippen molar-refractivity contribution in [2.45, 2.75) is 38.9 Å². The van der Waals surface area contributed by atoms with E-state index >= 15 is 0 Å². The zero-order valence-electron chi connectivity index (χ0n) is 16.8. The molecule has 0 spiro atoms. The third-order valence-corrected chi connectivity index (χ3v) is 5.84. The first kappa shape index (κ1) is 21.9. The van der Waals surface area contributed by atoms with Crippen molar-refractivity contribution in [1.29, 1.82) is 0 Å². The van der Waals surface area contributed by atoms with E-state index in [4.69, 9.17) is 4.74 Å². The standard InChI is InChI=1S/C20H21F3N4O2S/c1-12-16-14(5-4-7-20(21,22)23)25-11-26-18(16)30-17(12)19(28)27(2)10-13-6-8-24-15(9-13)29-3/h6,8-9,11H,4-5,7,10H2,1-3H3. The van der Waals surface area contributed by atoms with E-state index in [-0.39, 0.29) is 18.7 Å². The van der Waals surface area contributed by atoms with Crippen molar-refractivity contribution in [2.75, 3.05) is 14.2 Å². The van der Waals surface area contributed by atoms with Crippen LogP contribution in [0.5, 0.6) is 5.88 Å². The van der Waals surface area contributed by atoms with Crippen LogP contribution in [-0.2, 0) is 13.0 Å². The summed E-state index contributed by atoms with van der Waals surface area (Å²) in [5, 5.41) is 0.673.